The summed E-state index contributed by atoms with van der Waals surface area (Å²) in [6.45, 7) is 4.52. The SMILES string of the molecule is CC(C)Cc1cc(CNC(=O)Nc2cccn3cnnc23)no1. The van der Waals surface area contributed by atoms with Gasteiger partial charge in [0.2, 0.25) is 0 Å². The van der Waals surface area contributed by atoms with Gasteiger partial charge in [-0.3, -0.25) is 4.40 Å². The molecule has 0 aliphatic rings. The highest BCUT2D eigenvalue weighted by atomic mass is 16.5. The molecular weight excluding hydrogens is 296 g/mol. The van der Waals surface area contributed by atoms with Crippen molar-refractivity contribution in [3.8, 4) is 0 Å². The summed E-state index contributed by atoms with van der Waals surface area (Å²) >= 11 is 0. The summed E-state index contributed by atoms with van der Waals surface area (Å²) in [5.41, 5.74) is 1.86. The van der Waals surface area contributed by atoms with Gasteiger partial charge in [0.05, 0.1) is 12.2 Å². The number of urea groups is 1. The first kappa shape index (κ1) is 15.0. The Labute approximate surface area is 132 Å². The molecule has 120 valence electrons. The van der Waals surface area contributed by atoms with Crippen LogP contribution in [0.2, 0.25) is 0 Å². The van der Waals surface area contributed by atoms with Crippen LogP contribution in [0.25, 0.3) is 5.65 Å². The van der Waals surface area contributed by atoms with Crippen LogP contribution in [0.5, 0.6) is 0 Å². The molecule has 3 aromatic heterocycles. The average molecular weight is 314 g/mol. The second-order valence-corrected chi connectivity index (χ2v) is 5.67. The lowest BCUT2D eigenvalue weighted by Crippen LogP contribution is -2.28. The van der Waals surface area contributed by atoms with Crippen molar-refractivity contribution in [1.29, 1.82) is 0 Å². The Morgan fingerprint density at radius 2 is 2.30 bits per heavy atom. The summed E-state index contributed by atoms with van der Waals surface area (Å²) in [5, 5.41) is 17.2. The summed E-state index contributed by atoms with van der Waals surface area (Å²) in [6, 6.07) is 5.09. The van der Waals surface area contributed by atoms with Crippen molar-refractivity contribution < 1.29 is 9.32 Å². The van der Waals surface area contributed by atoms with Crippen molar-refractivity contribution in [3.63, 3.8) is 0 Å². The van der Waals surface area contributed by atoms with Crippen LogP contribution in [0.4, 0.5) is 10.5 Å². The van der Waals surface area contributed by atoms with Gasteiger partial charge in [-0.25, -0.2) is 4.79 Å². The third-order valence-corrected chi connectivity index (χ3v) is 3.22. The first-order chi connectivity index (χ1) is 11.1. The predicted molar refractivity (Wildman–Crippen MR) is 83.9 cm³/mol. The van der Waals surface area contributed by atoms with Crippen LogP contribution in [0.15, 0.2) is 35.2 Å². The number of hydrogen-bond donors (Lipinski definition) is 2. The molecule has 0 fully saturated rings. The van der Waals surface area contributed by atoms with Crippen molar-refractivity contribution in [1.82, 2.24) is 25.1 Å². The van der Waals surface area contributed by atoms with E-state index in [1.807, 2.05) is 18.3 Å². The number of aromatic nitrogens is 4. The van der Waals surface area contributed by atoms with Gasteiger partial charge in [-0.05, 0) is 18.1 Å². The van der Waals surface area contributed by atoms with E-state index in [9.17, 15) is 4.79 Å². The summed E-state index contributed by atoms with van der Waals surface area (Å²) in [6.07, 6.45) is 4.21. The van der Waals surface area contributed by atoms with Crippen LogP contribution in [-0.4, -0.2) is 25.8 Å². The zero-order valence-corrected chi connectivity index (χ0v) is 13.0. The molecule has 8 nitrogen and oxygen atoms in total. The maximum absolute atomic E-state index is 12.0. The fraction of sp³-hybridized carbons (Fsp3) is 0.333. The molecule has 0 spiro atoms. The molecular formula is C15H18N6O2. The number of rotatable bonds is 5. The van der Waals surface area contributed by atoms with E-state index < -0.39 is 0 Å². The van der Waals surface area contributed by atoms with E-state index in [0.717, 1.165) is 12.2 Å². The third kappa shape index (κ3) is 3.65. The standard InChI is InChI=1S/C15H18N6O2/c1-10(2)6-12-7-11(20-23-12)8-16-15(22)18-13-4-3-5-21-9-17-19-14(13)21/h3-5,7,9-10H,6,8H2,1-2H3,(H2,16,18,22). The number of carbonyl (C=O) groups excluding carboxylic acids is 1. The van der Waals surface area contributed by atoms with E-state index in [4.69, 9.17) is 4.52 Å². The maximum Gasteiger partial charge on any atom is 0.319 e. The van der Waals surface area contributed by atoms with Gasteiger partial charge in [0.1, 0.15) is 17.8 Å². The number of carbonyl (C=O) groups is 1. The van der Waals surface area contributed by atoms with Gasteiger partial charge in [-0.2, -0.15) is 0 Å². The molecule has 0 saturated carbocycles. The molecule has 0 bridgehead atoms. The molecule has 23 heavy (non-hydrogen) atoms. The lowest BCUT2D eigenvalue weighted by molar-refractivity contribution is 0.251. The fourth-order valence-electron chi connectivity index (χ4n) is 2.22. The molecule has 0 aliphatic carbocycles. The Hall–Kier alpha value is -2.90. The van der Waals surface area contributed by atoms with Crippen molar-refractivity contribution in [2.24, 2.45) is 5.92 Å². The van der Waals surface area contributed by atoms with E-state index in [2.05, 4.69) is 39.8 Å². The third-order valence-electron chi connectivity index (χ3n) is 3.22. The Bertz CT molecular complexity index is 807. The molecule has 3 heterocycles. The number of anilines is 1. The van der Waals surface area contributed by atoms with Crippen molar-refractivity contribution in [2.75, 3.05) is 5.32 Å². The number of nitrogens with zero attached hydrogens (tertiary/aromatic N) is 4. The van der Waals surface area contributed by atoms with Gasteiger partial charge < -0.3 is 15.2 Å². The van der Waals surface area contributed by atoms with Gasteiger partial charge in [0.25, 0.3) is 0 Å². The number of pyridine rings is 1. The van der Waals surface area contributed by atoms with E-state index in [-0.39, 0.29) is 6.03 Å². The Morgan fingerprint density at radius 1 is 1.43 bits per heavy atom. The molecule has 0 saturated heterocycles. The van der Waals surface area contributed by atoms with Crippen LogP contribution in [0.1, 0.15) is 25.3 Å². The highest BCUT2D eigenvalue weighted by Gasteiger charge is 2.10. The summed E-state index contributed by atoms with van der Waals surface area (Å²) in [7, 11) is 0. The molecule has 8 heteroatoms. The molecule has 0 unspecified atom stereocenters. The van der Waals surface area contributed by atoms with Crippen LogP contribution in [-0.2, 0) is 13.0 Å². The lowest BCUT2D eigenvalue weighted by Gasteiger charge is -2.06. The van der Waals surface area contributed by atoms with E-state index in [1.54, 1.807) is 16.8 Å². The van der Waals surface area contributed by atoms with E-state index >= 15 is 0 Å². The number of nitrogens with one attached hydrogen (secondary N) is 2. The molecule has 2 amide bonds. The normalized spacial score (nSPS) is 11.1. The lowest BCUT2D eigenvalue weighted by atomic mass is 10.1. The molecule has 0 radical (unpaired) electrons. The Kier molecular flexibility index (Phi) is 4.22. The van der Waals surface area contributed by atoms with Crippen LogP contribution in [0, 0.1) is 5.92 Å². The smallest absolute Gasteiger partial charge is 0.319 e. The second kappa shape index (κ2) is 6.47. The first-order valence-corrected chi connectivity index (χ1v) is 7.39. The quantitative estimate of drug-likeness (QED) is 0.752. The first-order valence-electron chi connectivity index (χ1n) is 7.39. The number of fused-ring (bicyclic) bond motifs is 1. The second-order valence-electron chi connectivity index (χ2n) is 5.67. The summed E-state index contributed by atoms with van der Waals surface area (Å²) in [4.78, 5) is 12.0. The Balaban J connectivity index is 1.57. The monoisotopic (exact) mass is 314 g/mol. The minimum absolute atomic E-state index is 0.295. The predicted octanol–water partition coefficient (Wildman–Crippen LogP) is 2.24. The molecule has 0 atom stereocenters. The van der Waals surface area contributed by atoms with Crippen molar-refractivity contribution in [3.05, 3.63) is 42.2 Å². The minimum Gasteiger partial charge on any atom is -0.361 e. The summed E-state index contributed by atoms with van der Waals surface area (Å²) in [5.74, 6) is 1.32. The Morgan fingerprint density at radius 3 is 3.13 bits per heavy atom. The number of hydrogen-bond acceptors (Lipinski definition) is 5. The minimum atomic E-state index is -0.338. The van der Waals surface area contributed by atoms with Crippen LogP contribution < -0.4 is 10.6 Å². The van der Waals surface area contributed by atoms with E-state index in [1.165, 1.54) is 0 Å². The van der Waals surface area contributed by atoms with E-state index in [0.29, 0.717) is 29.5 Å². The molecule has 0 aromatic carbocycles. The topological polar surface area (TPSA) is 97.4 Å². The molecule has 2 N–H and O–H groups in total. The van der Waals surface area contributed by atoms with Gasteiger partial charge in [0.15, 0.2) is 5.65 Å². The van der Waals surface area contributed by atoms with Crippen molar-refractivity contribution >= 4 is 17.4 Å². The molecule has 0 aliphatic heterocycles. The highest BCUT2D eigenvalue weighted by molar-refractivity contribution is 5.92. The largest absolute Gasteiger partial charge is 0.361 e. The van der Waals surface area contributed by atoms with Crippen molar-refractivity contribution in [2.45, 2.75) is 26.8 Å². The van der Waals surface area contributed by atoms with Gasteiger partial charge >= 0.3 is 6.03 Å². The highest BCUT2D eigenvalue weighted by Crippen LogP contribution is 2.13. The number of amides is 2. The maximum atomic E-state index is 12.0. The van der Waals surface area contributed by atoms with Crippen LogP contribution in [0.3, 0.4) is 0 Å². The molecule has 3 rings (SSSR count). The van der Waals surface area contributed by atoms with Gasteiger partial charge in [0, 0.05) is 18.7 Å². The summed E-state index contributed by atoms with van der Waals surface area (Å²) < 4.78 is 6.96. The zero-order chi connectivity index (χ0) is 16.2. The molecule has 3 aromatic rings. The zero-order valence-electron chi connectivity index (χ0n) is 13.0. The fourth-order valence-corrected chi connectivity index (χ4v) is 2.22. The van der Waals surface area contributed by atoms with Gasteiger partial charge in [-0.15, -0.1) is 10.2 Å². The van der Waals surface area contributed by atoms with Gasteiger partial charge in [-0.1, -0.05) is 19.0 Å². The van der Waals surface area contributed by atoms with Crippen LogP contribution >= 0.6 is 0 Å². The average Bonchev–Trinajstić information content (AvgIpc) is 3.14.